The normalized spacial score (nSPS) is 20.1. The molecule has 1 aliphatic heterocycles. The van der Waals surface area contributed by atoms with Crippen LogP contribution in [0.4, 0.5) is 0 Å². The Morgan fingerprint density at radius 3 is 3.10 bits per heavy atom. The highest BCUT2D eigenvalue weighted by atomic mass is 32.1. The number of hydrogen-bond donors (Lipinski definition) is 0. The average molecular weight is 292 g/mol. The summed E-state index contributed by atoms with van der Waals surface area (Å²) >= 11 is 1.70. The third kappa shape index (κ3) is 3.26. The summed E-state index contributed by atoms with van der Waals surface area (Å²) in [5.41, 5.74) is 1.25. The third-order valence-corrected chi connectivity index (χ3v) is 4.52. The summed E-state index contributed by atoms with van der Waals surface area (Å²) in [4.78, 5) is 9.16. The van der Waals surface area contributed by atoms with E-state index in [1.165, 1.54) is 12.0 Å². The first-order valence-corrected chi connectivity index (χ1v) is 7.86. The largest absolute Gasteiger partial charge is 0.338 e. The zero-order valence-electron chi connectivity index (χ0n) is 12.0. The second-order valence-electron chi connectivity index (χ2n) is 5.55. The van der Waals surface area contributed by atoms with E-state index >= 15 is 0 Å². The number of thiophene rings is 1. The molecule has 1 atom stereocenters. The first-order chi connectivity index (χ1) is 9.70. The first kappa shape index (κ1) is 13.7. The van der Waals surface area contributed by atoms with Gasteiger partial charge in [-0.3, -0.25) is 4.90 Å². The summed E-state index contributed by atoms with van der Waals surface area (Å²) < 4.78 is 5.36. The van der Waals surface area contributed by atoms with Crippen molar-refractivity contribution in [3.05, 3.63) is 34.1 Å². The number of hydrogen-bond acceptors (Lipinski definition) is 6. The van der Waals surface area contributed by atoms with E-state index in [9.17, 15) is 0 Å². The Kier molecular flexibility index (Phi) is 4.14. The van der Waals surface area contributed by atoms with E-state index in [1.807, 2.05) is 0 Å². The van der Waals surface area contributed by atoms with Crippen LogP contribution in [0.5, 0.6) is 0 Å². The Morgan fingerprint density at radius 2 is 2.40 bits per heavy atom. The highest BCUT2D eigenvalue weighted by molar-refractivity contribution is 7.07. The maximum absolute atomic E-state index is 5.36. The summed E-state index contributed by atoms with van der Waals surface area (Å²) in [5.74, 6) is 1.51. The first-order valence-electron chi connectivity index (χ1n) is 6.92. The van der Waals surface area contributed by atoms with Gasteiger partial charge in [-0.25, -0.2) is 0 Å². The Bertz CT molecular complexity index is 537. The Morgan fingerprint density at radius 1 is 1.50 bits per heavy atom. The fourth-order valence-corrected chi connectivity index (χ4v) is 3.24. The van der Waals surface area contributed by atoms with Crippen molar-refractivity contribution in [1.82, 2.24) is 19.9 Å². The standard InChI is InChI=1S/C14H20N4OS/c1-17(2)12-3-5-18(8-12)9-14-15-13(16-19-14)7-11-4-6-20-10-11/h4,6,10,12H,3,5,7-9H2,1-2H3. The van der Waals surface area contributed by atoms with Gasteiger partial charge in [-0.05, 0) is 42.9 Å². The molecule has 1 saturated heterocycles. The van der Waals surface area contributed by atoms with Crippen molar-refractivity contribution in [3.63, 3.8) is 0 Å². The molecule has 2 aromatic heterocycles. The number of aromatic nitrogens is 2. The number of rotatable bonds is 5. The van der Waals surface area contributed by atoms with Crippen molar-refractivity contribution in [2.75, 3.05) is 27.2 Å². The molecule has 0 bridgehead atoms. The lowest BCUT2D eigenvalue weighted by Crippen LogP contribution is -2.31. The molecule has 0 amide bonds. The minimum atomic E-state index is 0.642. The summed E-state index contributed by atoms with van der Waals surface area (Å²) in [6, 6.07) is 2.74. The molecule has 6 heteroatoms. The van der Waals surface area contributed by atoms with Gasteiger partial charge in [0.2, 0.25) is 5.89 Å². The molecule has 1 fully saturated rings. The fraction of sp³-hybridized carbons (Fsp3) is 0.571. The molecule has 0 radical (unpaired) electrons. The maximum Gasteiger partial charge on any atom is 0.240 e. The molecule has 0 aliphatic carbocycles. The van der Waals surface area contributed by atoms with Gasteiger partial charge in [0.25, 0.3) is 0 Å². The average Bonchev–Trinajstić information content (AvgIpc) is 3.12. The topological polar surface area (TPSA) is 45.4 Å². The number of likely N-dealkylation sites (tertiary alicyclic amines) is 1. The molecule has 0 saturated carbocycles. The lowest BCUT2D eigenvalue weighted by molar-refractivity contribution is 0.238. The van der Waals surface area contributed by atoms with Gasteiger partial charge in [0.05, 0.1) is 6.54 Å². The Labute approximate surface area is 123 Å². The van der Waals surface area contributed by atoms with Crippen LogP contribution in [0, 0.1) is 0 Å². The van der Waals surface area contributed by atoms with E-state index in [0.717, 1.165) is 37.8 Å². The predicted octanol–water partition coefficient (Wildman–Crippen LogP) is 1.86. The second-order valence-corrected chi connectivity index (χ2v) is 6.33. The minimum Gasteiger partial charge on any atom is -0.338 e. The monoisotopic (exact) mass is 292 g/mol. The molecule has 0 spiro atoms. The maximum atomic E-state index is 5.36. The van der Waals surface area contributed by atoms with E-state index in [2.05, 4.69) is 50.9 Å². The smallest absolute Gasteiger partial charge is 0.240 e. The van der Waals surface area contributed by atoms with Gasteiger partial charge >= 0.3 is 0 Å². The zero-order valence-corrected chi connectivity index (χ0v) is 12.8. The highest BCUT2D eigenvalue weighted by Gasteiger charge is 2.25. The quantitative estimate of drug-likeness (QED) is 0.841. The molecule has 2 aromatic rings. The van der Waals surface area contributed by atoms with Crippen LogP contribution in [0.3, 0.4) is 0 Å². The van der Waals surface area contributed by atoms with Crippen LogP contribution in [0.1, 0.15) is 23.7 Å². The lowest BCUT2D eigenvalue weighted by Gasteiger charge is -2.19. The SMILES string of the molecule is CN(C)C1CCN(Cc2nc(Cc3ccsc3)no2)C1. The summed E-state index contributed by atoms with van der Waals surface area (Å²) in [5, 5.41) is 8.26. The van der Waals surface area contributed by atoms with Gasteiger partial charge in [-0.15, -0.1) is 0 Å². The predicted molar refractivity (Wildman–Crippen MR) is 78.8 cm³/mol. The van der Waals surface area contributed by atoms with Gasteiger partial charge in [-0.2, -0.15) is 16.3 Å². The molecule has 108 valence electrons. The van der Waals surface area contributed by atoms with Crippen molar-refractivity contribution >= 4 is 11.3 Å². The molecule has 3 heterocycles. The van der Waals surface area contributed by atoms with E-state index in [4.69, 9.17) is 4.52 Å². The minimum absolute atomic E-state index is 0.642. The van der Waals surface area contributed by atoms with Crippen LogP contribution in [0.2, 0.25) is 0 Å². The zero-order chi connectivity index (χ0) is 13.9. The van der Waals surface area contributed by atoms with Gasteiger partial charge in [0.1, 0.15) is 0 Å². The highest BCUT2D eigenvalue weighted by Crippen LogP contribution is 2.16. The van der Waals surface area contributed by atoms with E-state index in [0.29, 0.717) is 6.04 Å². The van der Waals surface area contributed by atoms with Crippen molar-refractivity contribution < 1.29 is 4.52 Å². The van der Waals surface area contributed by atoms with Gasteiger partial charge < -0.3 is 9.42 Å². The Balaban J connectivity index is 1.55. The molecule has 0 aromatic carbocycles. The van der Waals surface area contributed by atoms with Gasteiger partial charge in [0, 0.05) is 25.6 Å². The van der Waals surface area contributed by atoms with Crippen LogP contribution < -0.4 is 0 Å². The van der Waals surface area contributed by atoms with E-state index in [-0.39, 0.29) is 0 Å². The van der Waals surface area contributed by atoms with Crippen LogP contribution in [-0.2, 0) is 13.0 Å². The summed E-state index contributed by atoms with van der Waals surface area (Å²) in [6.45, 7) is 2.95. The van der Waals surface area contributed by atoms with Crippen molar-refractivity contribution in [1.29, 1.82) is 0 Å². The Hall–Kier alpha value is -1.24. The van der Waals surface area contributed by atoms with Crippen LogP contribution in [0.25, 0.3) is 0 Å². The van der Waals surface area contributed by atoms with Crippen molar-refractivity contribution in [3.8, 4) is 0 Å². The van der Waals surface area contributed by atoms with Gasteiger partial charge in [0.15, 0.2) is 5.82 Å². The molecular weight excluding hydrogens is 272 g/mol. The fourth-order valence-electron chi connectivity index (χ4n) is 2.57. The van der Waals surface area contributed by atoms with Crippen molar-refractivity contribution in [2.24, 2.45) is 0 Å². The molecule has 5 nitrogen and oxygen atoms in total. The van der Waals surface area contributed by atoms with Crippen molar-refractivity contribution in [2.45, 2.75) is 25.4 Å². The number of nitrogens with zero attached hydrogens (tertiary/aromatic N) is 4. The van der Waals surface area contributed by atoms with E-state index in [1.54, 1.807) is 11.3 Å². The molecule has 3 rings (SSSR count). The lowest BCUT2D eigenvalue weighted by atomic mass is 10.2. The molecule has 1 unspecified atom stereocenters. The molecule has 0 N–H and O–H groups in total. The van der Waals surface area contributed by atoms with E-state index < -0.39 is 0 Å². The van der Waals surface area contributed by atoms with Crippen LogP contribution >= 0.6 is 11.3 Å². The van der Waals surface area contributed by atoms with Gasteiger partial charge in [-0.1, -0.05) is 5.16 Å². The molecular formula is C14H20N4OS. The van der Waals surface area contributed by atoms with Crippen LogP contribution in [-0.4, -0.2) is 53.2 Å². The van der Waals surface area contributed by atoms with Crippen LogP contribution in [0.15, 0.2) is 21.3 Å². The molecule has 20 heavy (non-hydrogen) atoms. The third-order valence-electron chi connectivity index (χ3n) is 3.79. The summed E-state index contributed by atoms with van der Waals surface area (Å²) in [6.07, 6.45) is 1.97. The molecule has 1 aliphatic rings. The summed E-state index contributed by atoms with van der Waals surface area (Å²) in [7, 11) is 4.28. The number of likely N-dealkylation sites (N-methyl/N-ethyl adjacent to an activating group) is 1. The second kappa shape index (κ2) is 6.03.